The quantitative estimate of drug-likeness (QED) is 0.647. The van der Waals surface area contributed by atoms with E-state index in [2.05, 4.69) is 9.97 Å². The molecule has 1 amide bonds. The van der Waals surface area contributed by atoms with Gasteiger partial charge in [-0.2, -0.15) is 0 Å². The molecule has 0 spiro atoms. The van der Waals surface area contributed by atoms with Crippen LogP contribution in [0.2, 0.25) is 0 Å². The zero-order chi connectivity index (χ0) is 12.7. The molecule has 0 saturated carbocycles. The molecular weight excluding hydrogens is 234 g/mol. The maximum Gasteiger partial charge on any atom is 0.254 e. The first kappa shape index (κ1) is 11.2. The van der Waals surface area contributed by atoms with Gasteiger partial charge in [-0.3, -0.25) is 4.79 Å². The number of imidazole rings is 1. The monoisotopic (exact) mass is 247 g/mol. The summed E-state index contributed by atoms with van der Waals surface area (Å²) in [5.74, 6) is -0.192. The van der Waals surface area contributed by atoms with E-state index in [9.17, 15) is 15.0 Å². The SMILES string of the molecule is O=C(c1ccc2nc[nH]c2c1)N1C[C@@H](O)[C@@H](O)C1. The summed E-state index contributed by atoms with van der Waals surface area (Å²) in [5.41, 5.74) is 2.11. The van der Waals surface area contributed by atoms with Crippen LogP contribution in [0.1, 0.15) is 10.4 Å². The number of aromatic amines is 1. The van der Waals surface area contributed by atoms with Crippen LogP contribution in [0.4, 0.5) is 0 Å². The molecule has 1 fully saturated rings. The van der Waals surface area contributed by atoms with Crippen LogP contribution < -0.4 is 0 Å². The first-order valence-corrected chi connectivity index (χ1v) is 5.73. The molecular formula is C12H13N3O3. The van der Waals surface area contributed by atoms with Crippen molar-refractivity contribution in [1.82, 2.24) is 14.9 Å². The van der Waals surface area contributed by atoms with Crippen LogP contribution in [0.15, 0.2) is 24.5 Å². The van der Waals surface area contributed by atoms with Gasteiger partial charge in [0.2, 0.25) is 0 Å². The maximum absolute atomic E-state index is 12.2. The number of nitrogens with one attached hydrogen (secondary N) is 1. The Bertz CT molecular complexity index is 585. The summed E-state index contributed by atoms with van der Waals surface area (Å²) in [7, 11) is 0. The number of hydrogen-bond acceptors (Lipinski definition) is 4. The van der Waals surface area contributed by atoms with Gasteiger partial charge in [-0.15, -0.1) is 0 Å². The second-order valence-corrected chi connectivity index (χ2v) is 4.48. The number of H-pyrrole nitrogens is 1. The van der Waals surface area contributed by atoms with E-state index in [1.807, 2.05) is 0 Å². The molecule has 6 nitrogen and oxygen atoms in total. The summed E-state index contributed by atoms with van der Waals surface area (Å²) >= 11 is 0. The molecule has 18 heavy (non-hydrogen) atoms. The largest absolute Gasteiger partial charge is 0.388 e. The summed E-state index contributed by atoms with van der Waals surface area (Å²) in [6, 6.07) is 5.19. The summed E-state index contributed by atoms with van der Waals surface area (Å²) in [5, 5.41) is 18.9. The average molecular weight is 247 g/mol. The molecule has 2 aromatic rings. The Balaban J connectivity index is 1.87. The molecule has 0 aliphatic carbocycles. The van der Waals surface area contributed by atoms with E-state index >= 15 is 0 Å². The van der Waals surface area contributed by atoms with Gasteiger partial charge in [0.25, 0.3) is 5.91 Å². The fourth-order valence-electron chi connectivity index (χ4n) is 2.19. The molecule has 0 radical (unpaired) electrons. The van der Waals surface area contributed by atoms with Crippen LogP contribution in [0.5, 0.6) is 0 Å². The van der Waals surface area contributed by atoms with E-state index in [0.29, 0.717) is 5.56 Å². The van der Waals surface area contributed by atoms with E-state index in [0.717, 1.165) is 11.0 Å². The number of carbonyl (C=O) groups is 1. The Morgan fingerprint density at radius 3 is 2.78 bits per heavy atom. The van der Waals surface area contributed by atoms with Gasteiger partial charge in [-0.25, -0.2) is 4.98 Å². The summed E-state index contributed by atoms with van der Waals surface area (Å²) in [6.07, 6.45) is -0.142. The minimum Gasteiger partial charge on any atom is -0.388 e. The fraction of sp³-hybridized carbons (Fsp3) is 0.333. The standard InChI is InChI=1S/C12H13N3O3/c16-10-4-15(5-11(10)17)12(18)7-1-2-8-9(3-7)14-6-13-8/h1-3,6,10-11,16-17H,4-5H2,(H,13,14)/t10-,11+. The summed E-state index contributed by atoms with van der Waals surface area (Å²) in [6.45, 7) is 0.335. The van der Waals surface area contributed by atoms with Crippen LogP contribution in [-0.4, -0.2) is 56.3 Å². The highest BCUT2D eigenvalue weighted by molar-refractivity contribution is 5.97. The Morgan fingerprint density at radius 2 is 2.06 bits per heavy atom. The molecule has 94 valence electrons. The highest BCUT2D eigenvalue weighted by atomic mass is 16.3. The third-order valence-corrected chi connectivity index (χ3v) is 3.21. The number of benzene rings is 1. The van der Waals surface area contributed by atoms with Crippen LogP contribution in [0, 0.1) is 0 Å². The van der Waals surface area contributed by atoms with Crippen molar-refractivity contribution in [2.75, 3.05) is 13.1 Å². The van der Waals surface area contributed by atoms with Crippen molar-refractivity contribution in [3.63, 3.8) is 0 Å². The lowest BCUT2D eigenvalue weighted by molar-refractivity contribution is 0.0572. The number of fused-ring (bicyclic) bond motifs is 1. The Morgan fingerprint density at radius 1 is 1.33 bits per heavy atom. The maximum atomic E-state index is 12.2. The van der Waals surface area contributed by atoms with Crippen molar-refractivity contribution in [2.24, 2.45) is 0 Å². The smallest absolute Gasteiger partial charge is 0.254 e. The Hall–Kier alpha value is -1.92. The average Bonchev–Trinajstić information content (AvgIpc) is 2.95. The summed E-state index contributed by atoms with van der Waals surface area (Å²) < 4.78 is 0. The van der Waals surface area contributed by atoms with Gasteiger partial charge >= 0.3 is 0 Å². The zero-order valence-electron chi connectivity index (χ0n) is 9.58. The number of aliphatic hydroxyl groups excluding tert-OH is 2. The lowest BCUT2D eigenvalue weighted by Crippen LogP contribution is -2.29. The third-order valence-electron chi connectivity index (χ3n) is 3.21. The number of amides is 1. The molecule has 0 unspecified atom stereocenters. The molecule has 1 aromatic carbocycles. The van der Waals surface area contributed by atoms with Crippen LogP contribution in [0.25, 0.3) is 11.0 Å². The number of nitrogens with zero attached hydrogens (tertiary/aromatic N) is 2. The van der Waals surface area contributed by atoms with Gasteiger partial charge in [-0.1, -0.05) is 0 Å². The molecule has 1 aliphatic rings. The van der Waals surface area contributed by atoms with Crippen LogP contribution in [-0.2, 0) is 0 Å². The summed E-state index contributed by atoms with van der Waals surface area (Å²) in [4.78, 5) is 20.6. The van der Waals surface area contributed by atoms with Gasteiger partial charge < -0.3 is 20.1 Å². The fourth-order valence-corrected chi connectivity index (χ4v) is 2.19. The molecule has 1 saturated heterocycles. The predicted molar refractivity (Wildman–Crippen MR) is 64.0 cm³/mol. The minimum absolute atomic E-state index is 0.168. The molecule has 0 bridgehead atoms. The Kier molecular flexibility index (Phi) is 2.53. The van der Waals surface area contributed by atoms with E-state index in [1.54, 1.807) is 24.5 Å². The lowest BCUT2D eigenvalue weighted by atomic mass is 10.2. The first-order valence-electron chi connectivity index (χ1n) is 5.73. The zero-order valence-corrected chi connectivity index (χ0v) is 9.58. The van der Waals surface area contributed by atoms with Gasteiger partial charge in [0.05, 0.1) is 29.6 Å². The number of likely N-dealkylation sites (tertiary alicyclic amines) is 1. The molecule has 1 aliphatic heterocycles. The van der Waals surface area contributed by atoms with Crippen molar-refractivity contribution in [1.29, 1.82) is 0 Å². The third kappa shape index (κ3) is 1.75. The topological polar surface area (TPSA) is 89.5 Å². The second-order valence-electron chi connectivity index (χ2n) is 4.48. The number of aromatic nitrogens is 2. The van der Waals surface area contributed by atoms with Gasteiger partial charge in [0.1, 0.15) is 0 Å². The van der Waals surface area contributed by atoms with Gasteiger partial charge in [0.15, 0.2) is 0 Å². The predicted octanol–water partition coefficient (Wildman–Crippen LogP) is -0.259. The Labute approximate surface area is 103 Å². The van der Waals surface area contributed by atoms with E-state index in [4.69, 9.17) is 0 Å². The second kappa shape index (κ2) is 4.08. The van der Waals surface area contributed by atoms with Crippen LogP contribution >= 0.6 is 0 Å². The van der Waals surface area contributed by atoms with Crippen molar-refractivity contribution < 1.29 is 15.0 Å². The molecule has 2 atom stereocenters. The number of carbonyl (C=O) groups excluding carboxylic acids is 1. The number of hydrogen-bond donors (Lipinski definition) is 3. The first-order chi connectivity index (χ1) is 8.65. The molecule has 3 rings (SSSR count). The van der Waals surface area contributed by atoms with Gasteiger partial charge in [-0.05, 0) is 18.2 Å². The van der Waals surface area contributed by atoms with E-state index < -0.39 is 12.2 Å². The highest BCUT2D eigenvalue weighted by Gasteiger charge is 2.32. The van der Waals surface area contributed by atoms with Crippen LogP contribution in [0.3, 0.4) is 0 Å². The van der Waals surface area contributed by atoms with Crippen molar-refractivity contribution in [3.8, 4) is 0 Å². The normalized spacial score (nSPS) is 23.8. The number of β-amino-alcohol motifs (C(OH)–C–C–N with tert-alkyl or cyclic N) is 2. The van der Waals surface area contributed by atoms with E-state index in [-0.39, 0.29) is 19.0 Å². The van der Waals surface area contributed by atoms with Gasteiger partial charge in [0, 0.05) is 18.7 Å². The molecule has 2 heterocycles. The van der Waals surface area contributed by atoms with Crippen molar-refractivity contribution in [3.05, 3.63) is 30.1 Å². The molecule has 6 heteroatoms. The molecule has 3 N–H and O–H groups in total. The lowest BCUT2D eigenvalue weighted by Gasteiger charge is -2.15. The number of rotatable bonds is 1. The van der Waals surface area contributed by atoms with E-state index in [1.165, 1.54) is 4.90 Å². The minimum atomic E-state index is -0.857. The van der Waals surface area contributed by atoms with Crippen molar-refractivity contribution in [2.45, 2.75) is 12.2 Å². The highest BCUT2D eigenvalue weighted by Crippen LogP contribution is 2.17. The number of aliphatic hydroxyl groups is 2. The van der Waals surface area contributed by atoms with Crippen molar-refractivity contribution >= 4 is 16.9 Å². The molecule has 1 aromatic heterocycles.